The van der Waals surface area contributed by atoms with E-state index in [-0.39, 0.29) is 12.1 Å². The number of nitriles is 1. The van der Waals surface area contributed by atoms with Crippen LogP contribution < -0.4 is 15.4 Å². The number of anilines is 1. The van der Waals surface area contributed by atoms with Gasteiger partial charge in [0.1, 0.15) is 23.2 Å². The van der Waals surface area contributed by atoms with Crippen LogP contribution in [0.15, 0.2) is 58.9 Å². The van der Waals surface area contributed by atoms with E-state index in [2.05, 4.69) is 10.6 Å². The Morgan fingerprint density at radius 2 is 2.27 bits per heavy atom. The first kappa shape index (κ1) is 15.2. The number of benzene rings is 1. The van der Waals surface area contributed by atoms with Crippen LogP contribution in [0.1, 0.15) is 5.76 Å². The molecule has 0 saturated heterocycles. The maximum Gasteiger partial charge on any atom is 0.263 e. The van der Waals surface area contributed by atoms with Gasteiger partial charge in [0.15, 0.2) is 0 Å². The Morgan fingerprint density at radius 3 is 2.95 bits per heavy atom. The van der Waals surface area contributed by atoms with Crippen molar-refractivity contribution in [2.75, 3.05) is 12.4 Å². The molecule has 1 amide bonds. The Labute approximate surface area is 128 Å². The first-order valence-corrected chi connectivity index (χ1v) is 6.54. The van der Waals surface area contributed by atoms with Gasteiger partial charge in [-0.2, -0.15) is 5.26 Å². The highest BCUT2D eigenvalue weighted by Gasteiger charge is 2.09. The predicted molar refractivity (Wildman–Crippen MR) is 80.9 cm³/mol. The minimum absolute atomic E-state index is 0.0330. The van der Waals surface area contributed by atoms with E-state index in [9.17, 15) is 4.79 Å². The van der Waals surface area contributed by atoms with Crippen molar-refractivity contribution < 1.29 is 13.9 Å². The van der Waals surface area contributed by atoms with Crippen LogP contribution in [0.2, 0.25) is 0 Å². The number of carbonyl (C=O) groups is 1. The SMILES string of the molecule is COc1cccc(N/C=C(/C#N)C(=O)NCc2ccco2)c1. The maximum atomic E-state index is 11.9. The lowest BCUT2D eigenvalue weighted by atomic mass is 10.2. The van der Waals surface area contributed by atoms with Crippen LogP contribution in [0.25, 0.3) is 0 Å². The van der Waals surface area contributed by atoms with E-state index in [0.717, 1.165) is 0 Å². The van der Waals surface area contributed by atoms with E-state index in [1.165, 1.54) is 12.5 Å². The minimum Gasteiger partial charge on any atom is -0.497 e. The normalized spacial score (nSPS) is 10.6. The summed E-state index contributed by atoms with van der Waals surface area (Å²) in [5.41, 5.74) is 0.681. The second-order valence-electron chi connectivity index (χ2n) is 4.31. The molecule has 2 N–H and O–H groups in total. The number of amides is 1. The summed E-state index contributed by atoms with van der Waals surface area (Å²) in [5.74, 6) is 0.819. The Balaban J connectivity index is 1.97. The summed E-state index contributed by atoms with van der Waals surface area (Å²) in [5, 5.41) is 14.6. The standard InChI is InChI=1S/C16H15N3O3/c1-21-14-5-2-4-13(8-14)18-10-12(9-17)16(20)19-11-15-6-3-7-22-15/h2-8,10,18H,11H2,1H3,(H,19,20)/b12-10-. The molecular weight excluding hydrogens is 282 g/mol. The third-order valence-electron chi connectivity index (χ3n) is 2.82. The minimum atomic E-state index is -0.478. The molecule has 0 unspecified atom stereocenters. The van der Waals surface area contributed by atoms with Crippen molar-refractivity contribution >= 4 is 11.6 Å². The van der Waals surface area contributed by atoms with Gasteiger partial charge in [0.05, 0.1) is 19.9 Å². The first-order chi connectivity index (χ1) is 10.7. The van der Waals surface area contributed by atoms with E-state index < -0.39 is 5.91 Å². The molecule has 0 atom stereocenters. The fraction of sp³-hybridized carbons (Fsp3) is 0.125. The smallest absolute Gasteiger partial charge is 0.263 e. The van der Waals surface area contributed by atoms with Crippen LogP contribution in [0.4, 0.5) is 5.69 Å². The molecule has 0 fully saturated rings. The van der Waals surface area contributed by atoms with Crippen LogP contribution in [0.5, 0.6) is 5.75 Å². The van der Waals surface area contributed by atoms with Crippen LogP contribution in [-0.4, -0.2) is 13.0 Å². The fourth-order valence-electron chi connectivity index (χ4n) is 1.69. The van der Waals surface area contributed by atoms with E-state index in [4.69, 9.17) is 14.4 Å². The summed E-state index contributed by atoms with van der Waals surface area (Å²) in [6.45, 7) is 0.226. The van der Waals surface area contributed by atoms with Crippen molar-refractivity contribution in [2.45, 2.75) is 6.54 Å². The number of nitrogens with one attached hydrogen (secondary N) is 2. The third-order valence-corrected chi connectivity index (χ3v) is 2.82. The van der Waals surface area contributed by atoms with Gasteiger partial charge in [0.25, 0.3) is 5.91 Å². The summed E-state index contributed by atoms with van der Waals surface area (Å²) in [7, 11) is 1.57. The molecule has 2 rings (SSSR count). The third kappa shape index (κ3) is 4.15. The highest BCUT2D eigenvalue weighted by molar-refractivity contribution is 5.97. The quantitative estimate of drug-likeness (QED) is 0.631. The zero-order chi connectivity index (χ0) is 15.8. The molecule has 112 valence electrons. The topological polar surface area (TPSA) is 87.3 Å². The molecule has 1 aromatic carbocycles. The molecule has 0 bridgehead atoms. The number of methoxy groups -OCH3 is 1. The maximum absolute atomic E-state index is 11.9. The van der Waals surface area contributed by atoms with Crippen molar-refractivity contribution in [1.82, 2.24) is 5.32 Å². The number of furan rings is 1. The van der Waals surface area contributed by atoms with Crippen molar-refractivity contribution in [1.29, 1.82) is 5.26 Å². The first-order valence-electron chi connectivity index (χ1n) is 6.54. The van der Waals surface area contributed by atoms with Gasteiger partial charge in [-0.15, -0.1) is 0 Å². The van der Waals surface area contributed by atoms with Crippen LogP contribution in [0, 0.1) is 11.3 Å². The monoisotopic (exact) mass is 297 g/mol. The average Bonchev–Trinajstić information content (AvgIpc) is 3.07. The summed E-state index contributed by atoms with van der Waals surface area (Å²) in [6.07, 6.45) is 2.87. The van der Waals surface area contributed by atoms with Crippen molar-refractivity contribution in [3.8, 4) is 11.8 Å². The average molecular weight is 297 g/mol. The lowest BCUT2D eigenvalue weighted by Gasteiger charge is -2.05. The zero-order valence-electron chi connectivity index (χ0n) is 12.0. The molecule has 0 aliphatic heterocycles. The molecule has 22 heavy (non-hydrogen) atoms. The number of rotatable bonds is 6. The summed E-state index contributed by atoms with van der Waals surface area (Å²) in [6, 6.07) is 12.5. The molecule has 0 spiro atoms. The molecule has 0 saturated carbocycles. The molecule has 6 heteroatoms. The number of carbonyl (C=O) groups excluding carboxylic acids is 1. The van der Waals surface area contributed by atoms with Crippen molar-refractivity contribution in [2.24, 2.45) is 0 Å². The lowest BCUT2D eigenvalue weighted by Crippen LogP contribution is -2.24. The van der Waals surface area contributed by atoms with E-state index in [1.807, 2.05) is 6.07 Å². The molecule has 1 aromatic heterocycles. The molecule has 2 aromatic rings. The van der Waals surface area contributed by atoms with Crippen molar-refractivity contribution in [3.05, 3.63) is 60.2 Å². The predicted octanol–water partition coefficient (Wildman–Crippen LogP) is 2.42. The second-order valence-corrected chi connectivity index (χ2v) is 4.31. The van der Waals surface area contributed by atoms with Crippen LogP contribution >= 0.6 is 0 Å². The highest BCUT2D eigenvalue weighted by Crippen LogP contribution is 2.16. The molecule has 0 aliphatic rings. The number of hydrogen-bond acceptors (Lipinski definition) is 5. The molecule has 6 nitrogen and oxygen atoms in total. The van der Waals surface area contributed by atoms with Gasteiger partial charge in [0, 0.05) is 18.0 Å². The van der Waals surface area contributed by atoms with Crippen molar-refractivity contribution in [3.63, 3.8) is 0 Å². The zero-order valence-corrected chi connectivity index (χ0v) is 12.0. The van der Waals surface area contributed by atoms with Gasteiger partial charge in [-0.25, -0.2) is 0 Å². The largest absolute Gasteiger partial charge is 0.497 e. The second kappa shape index (κ2) is 7.55. The van der Waals surface area contributed by atoms with Gasteiger partial charge in [-0.05, 0) is 24.3 Å². The van der Waals surface area contributed by atoms with E-state index in [0.29, 0.717) is 17.2 Å². The number of nitrogens with zero attached hydrogens (tertiary/aromatic N) is 1. The number of hydrogen-bond donors (Lipinski definition) is 2. The molecule has 1 heterocycles. The summed E-state index contributed by atoms with van der Waals surface area (Å²) < 4.78 is 10.2. The van der Waals surface area contributed by atoms with Gasteiger partial charge in [-0.1, -0.05) is 6.07 Å². The van der Waals surface area contributed by atoms with E-state index >= 15 is 0 Å². The lowest BCUT2D eigenvalue weighted by molar-refractivity contribution is -0.117. The Hall–Kier alpha value is -3.20. The van der Waals surface area contributed by atoms with Crippen LogP contribution in [-0.2, 0) is 11.3 Å². The molecular formula is C16H15N3O3. The fourth-order valence-corrected chi connectivity index (χ4v) is 1.69. The van der Waals surface area contributed by atoms with Gasteiger partial charge < -0.3 is 19.8 Å². The highest BCUT2D eigenvalue weighted by atomic mass is 16.5. The molecule has 0 radical (unpaired) electrons. The van der Waals surface area contributed by atoms with Gasteiger partial charge in [0.2, 0.25) is 0 Å². The van der Waals surface area contributed by atoms with Gasteiger partial charge in [-0.3, -0.25) is 4.79 Å². The molecule has 0 aliphatic carbocycles. The summed E-state index contributed by atoms with van der Waals surface area (Å²) in [4.78, 5) is 11.9. The van der Waals surface area contributed by atoms with Gasteiger partial charge >= 0.3 is 0 Å². The van der Waals surface area contributed by atoms with E-state index in [1.54, 1.807) is 43.5 Å². The Bertz CT molecular complexity index is 700. The number of ether oxygens (including phenoxy) is 1. The summed E-state index contributed by atoms with van der Waals surface area (Å²) >= 11 is 0. The Morgan fingerprint density at radius 1 is 1.41 bits per heavy atom. The van der Waals surface area contributed by atoms with Crippen LogP contribution in [0.3, 0.4) is 0 Å². The Kier molecular flexibility index (Phi) is 5.21.